The van der Waals surface area contributed by atoms with Gasteiger partial charge in [-0.15, -0.1) is 16.9 Å². The van der Waals surface area contributed by atoms with E-state index in [-0.39, 0.29) is 42.2 Å². The summed E-state index contributed by atoms with van der Waals surface area (Å²) in [6.07, 6.45) is 2.79. The van der Waals surface area contributed by atoms with Crippen LogP contribution in [0.4, 0.5) is 5.69 Å². The van der Waals surface area contributed by atoms with E-state index in [2.05, 4.69) is 27.9 Å². The Hall–Kier alpha value is -3.64. The molecule has 4 heterocycles. The minimum Gasteiger partial charge on any atom is -0.494 e. The zero-order valence-corrected chi connectivity index (χ0v) is 25.3. The number of aliphatic hydroxyl groups excluding tert-OH is 1. The molecular weight excluding hydrogens is 568 g/mol. The van der Waals surface area contributed by atoms with Crippen molar-refractivity contribution >= 4 is 46.2 Å². The number of benzene rings is 2. The molecule has 6 atom stereocenters. The van der Waals surface area contributed by atoms with Crippen LogP contribution in [0.1, 0.15) is 39.5 Å². The molecular formula is C31H38N6O5S. The molecule has 1 spiro atoms. The van der Waals surface area contributed by atoms with Gasteiger partial charge in [-0.3, -0.25) is 14.4 Å². The van der Waals surface area contributed by atoms with Crippen LogP contribution in [0.2, 0.25) is 0 Å². The molecule has 3 unspecified atom stereocenters. The highest BCUT2D eigenvalue weighted by molar-refractivity contribution is 8.02. The Balaban J connectivity index is 1.26. The van der Waals surface area contributed by atoms with Crippen LogP contribution < -0.4 is 15.4 Å². The molecule has 3 saturated heterocycles. The van der Waals surface area contributed by atoms with Crippen LogP contribution in [0.25, 0.3) is 11.0 Å². The highest BCUT2D eigenvalue weighted by Gasteiger charge is 2.75. The lowest BCUT2D eigenvalue weighted by molar-refractivity contribution is -0.139. The number of rotatable bonds is 12. The summed E-state index contributed by atoms with van der Waals surface area (Å²) in [7, 11) is 0. The number of carbonyl (C=O) groups excluding carboxylic acids is 3. The first-order valence-corrected chi connectivity index (χ1v) is 16.0. The van der Waals surface area contributed by atoms with Crippen LogP contribution in [0, 0.1) is 17.8 Å². The molecule has 1 aromatic heterocycles. The fourth-order valence-corrected chi connectivity index (χ4v) is 9.66. The van der Waals surface area contributed by atoms with Crippen molar-refractivity contribution in [1.82, 2.24) is 25.2 Å². The molecule has 2 bridgehead atoms. The molecule has 12 heteroatoms. The molecule has 11 nitrogen and oxygen atoms in total. The van der Waals surface area contributed by atoms with E-state index in [9.17, 15) is 19.5 Å². The summed E-state index contributed by atoms with van der Waals surface area (Å²) < 4.78 is 6.44. The quantitative estimate of drug-likeness (QED) is 0.268. The molecule has 3 aromatic rings. The highest BCUT2D eigenvalue weighted by atomic mass is 32.2. The lowest BCUT2D eigenvalue weighted by atomic mass is 9.66. The summed E-state index contributed by atoms with van der Waals surface area (Å²) >= 11 is 1.65. The van der Waals surface area contributed by atoms with E-state index < -0.39 is 22.6 Å². The molecule has 0 aliphatic carbocycles. The molecule has 0 radical (unpaired) electrons. The minimum atomic E-state index is -0.720. The predicted molar refractivity (Wildman–Crippen MR) is 163 cm³/mol. The molecule has 6 rings (SSSR count). The second-order valence-electron chi connectivity index (χ2n) is 11.6. The number of fused-ring (bicyclic) bond motifs is 2. The van der Waals surface area contributed by atoms with Gasteiger partial charge in [0.2, 0.25) is 17.7 Å². The van der Waals surface area contributed by atoms with E-state index in [1.165, 1.54) is 0 Å². The standard InChI is InChI=1S/C31H38N6O5S/c1-3-42-21-13-11-20(12-14-21)33-28(39)25-24-17-19(2)31(43-24)26(25)30(41)36(15-7-4-8-16-38)27(31)29(40)32-18-37-23-10-6-5-9-22(23)34-35-37/h5-6,9-14,19,24-27,38H,3-4,7-8,15-18H2,1-2H3,(H,32,40)(H,33,39)/t19?,24-,25+,26+,27?,31?/m1/s1. The SMILES string of the molecule is CCOc1ccc(NC(=O)[C@@H]2[C@H]3C(=O)N(CCCCCO)C(C(=O)NCn4nnc5ccccc54)C34S[C@@H]2CC4C)cc1. The van der Waals surface area contributed by atoms with Crippen molar-refractivity contribution in [1.29, 1.82) is 0 Å². The van der Waals surface area contributed by atoms with E-state index in [0.717, 1.165) is 29.6 Å². The predicted octanol–water partition coefficient (Wildman–Crippen LogP) is 3.04. The Bertz CT molecular complexity index is 1500. The van der Waals surface area contributed by atoms with Crippen molar-refractivity contribution in [2.45, 2.75) is 62.2 Å². The van der Waals surface area contributed by atoms with Gasteiger partial charge in [0.1, 0.15) is 24.0 Å². The number of ether oxygens (including phenoxy) is 1. The number of nitrogens with one attached hydrogen (secondary N) is 2. The molecule has 0 saturated carbocycles. The number of nitrogens with zero attached hydrogens (tertiary/aromatic N) is 4. The van der Waals surface area contributed by atoms with Crippen molar-refractivity contribution in [2.24, 2.45) is 17.8 Å². The number of thioether (sulfide) groups is 1. The van der Waals surface area contributed by atoms with Crippen LogP contribution in [0.5, 0.6) is 5.75 Å². The van der Waals surface area contributed by atoms with Crippen molar-refractivity contribution in [3.8, 4) is 5.75 Å². The van der Waals surface area contributed by atoms with Crippen molar-refractivity contribution in [3.05, 3.63) is 48.5 Å². The molecule has 3 fully saturated rings. The lowest BCUT2D eigenvalue weighted by Crippen LogP contribution is -2.56. The van der Waals surface area contributed by atoms with Gasteiger partial charge in [-0.1, -0.05) is 24.3 Å². The summed E-state index contributed by atoms with van der Waals surface area (Å²) in [6.45, 7) is 5.17. The van der Waals surface area contributed by atoms with E-state index >= 15 is 0 Å². The van der Waals surface area contributed by atoms with Gasteiger partial charge in [0.15, 0.2) is 0 Å². The summed E-state index contributed by atoms with van der Waals surface area (Å²) in [5.74, 6) is -0.930. The fraction of sp³-hybridized carbons (Fsp3) is 0.516. The summed E-state index contributed by atoms with van der Waals surface area (Å²) in [6, 6.07) is 14.0. The number of amides is 3. The molecule has 2 aromatic carbocycles. The van der Waals surface area contributed by atoms with Gasteiger partial charge in [-0.2, -0.15) is 0 Å². The van der Waals surface area contributed by atoms with E-state index in [1.807, 2.05) is 43.3 Å². The molecule has 3 amide bonds. The average Bonchev–Trinajstić information content (AvgIpc) is 3.72. The number of hydrogen-bond donors (Lipinski definition) is 3. The number of carbonyl (C=O) groups is 3. The van der Waals surface area contributed by atoms with Crippen molar-refractivity contribution in [3.63, 3.8) is 0 Å². The first-order valence-electron chi connectivity index (χ1n) is 15.1. The highest BCUT2D eigenvalue weighted by Crippen LogP contribution is 2.68. The Morgan fingerprint density at radius 1 is 1.12 bits per heavy atom. The van der Waals surface area contributed by atoms with Gasteiger partial charge < -0.3 is 25.4 Å². The zero-order chi connectivity index (χ0) is 30.1. The third-order valence-corrected chi connectivity index (χ3v) is 11.2. The van der Waals surface area contributed by atoms with Crippen LogP contribution in [-0.4, -0.2) is 78.5 Å². The summed E-state index contributed by atoms with van der Waals surface area (Å²) in [5, 5.41) is 23.7. The van der Waals surface area contributed by atoms with Crippen LogP contribution in [0.15, 0.2) is 48.5 Å². The number of para-hydroxylation sites is 1. The average molecular weight is 607 g/mol. The Morgan fingerprint density at radius 2 is 1.91 bits per heavy atom. The first kappa shape index (κ1) is 29.4. The minimum absolute atomic E-state index is 0.0576. The maximum Gasteiger partial charge on any atom is 0.245 e. The number of unbranched alkanes of at least 4 members (excludes halogenated alkanes) is 2. The normalized spacial score (nSPS) is 27.5. The van der Waals surface area contributed by atoms with Gasteiger partial charge in [0.05, 0.1) is 28.7 Å². The second kappa shape index (κ2) is 12.2. The molecule has 3 aliphatic rings. The monoisotopic (exact) mass is 606 g/mol. The van der Waals surface area contributed by atoms with Crippen LogP contribution in [-0.2, 0) is 21.1 Å². The maximum absolute atomic E-state index is 14.2. The summed E-state index contributed by atoms with van der Waals surface area (Å²) in [5.41, 5.74) is 2.18. The molecule has 43 heavy (non-hydrogen) atoms. The van der Waals surface area contributed by atoms with Gasteiger partial charge in [-0.05, 0) is 74.9 Å². The Labute approximate surface area is 254 Å². The number of likely N-dealkylation sites (tertiary alicyclic amines) is 1. The third kappa shape index (κ3) is 5.14. The van der Waals surface area contributed by atoms with E-state index in [0.29, 0.717) is 31.7 Å². The number of anilines is 1. The van der Waals surface area contributed by atoms with Gasteiger partial charge in [0.25, 0.3) is 0 Å². The molecule has 3 N–H and O–H groups in total. The second-order valence-corrected chi connectivity index (χ2v) is 13.1. The maximum atomic E-state index is 14.2. The smallest absolute Gasteiger partial charge is 0.245 e. The van der Waals surface area contributed by atoms with E-state index in [4.69, 9.17) is 4.74 Å². The third-order valence-electron chi connectivity index (χ3n) is 9.11. The summed E-state index contributed by atoms with van der Waals surface area (Å²) in [4.78, 5) is 43.9. The van der Waals surface area contributed by atoms with Gasteiger partial charge in [0, 0.05) is 24.1 Å². The Kier molecular flexibility index (Phi) is 8.32. The lowest BCUT2D eigenvalue weighted by Gasteiger charge is -2.38. The topological polar surface area (TPSA) is 139 Å². The number of aliphatic hydroxyl groups is 1. The number of hydrogen-bond acceptors (Lipinski definition) is 8. The van der Waals surface area contributed by atoms with Gasteiger partial charge >= 0.3 is 0 Å². The zero-order valence-electron chi connectivity index (χ0n) is 24.4. The molecule has 3 aliphatic heterocycles. The van der Waals surface area contributed by atoms with E-state index in [1.54, 1.807) is 33.5 Å². The van der Waals surface area contributed by atoms with Crippen molar-refractivity contribution in [2.75, 3.05) is 25.1 Å². The Morgan fingerprint density at radius 3 is 2.67 bits per heavy atom. The van der Waals surface area contributed by atoms with Gasteiger partial charge in [-0.25, -0.2) is 4.68 Å². The van der Waals surface area contributed by atoms with Crippen LogP contribution in [0.3, 0.4) is 0 Å². The number of aromatic nitrogens is 3. The van der Waals surface area contributed by atoms with Crippen molar-refractivity contribution < 1.29 is 24.2 Å². The molecule has 228 valence electrons. The largest absolute Gasteiger partial charge is 0.494 e. The first-order chi connectivity index (χ1) is 20.9. The van der Waals surface area contributed by atoms with Crippen LogP contribution >= 0.6 is 11.8 Å². The fourth-order valence-electron chi connectivity index (χ4n) is 7.24.